The summed E-state index contributed by atoms with van der Waals surface area (Å²) in [7, 11) is 0. The molecule has 3 unspecified atom stereocenters. The van der Waals surface area contributed by atoms with Crippen LogP contribution in [0.25, 0.3) is 10.8 Å². The van der Waals surface area contributed by atoms with Gasteiger partial charge in [-0.05, 0) is 16.8 Å². The van der Waals surface area contributed by atoms with Crippen molar-refractivity contribution in [2.45, 2.75) is 24.7 Å². The molecule has 2 aromatic rings. The zero-order valence-electron chi connectivity index (χ0n) is 10.9. The second-order valence-electron chi connectivity index (χ2n) is 5.23. The summed E-state index contributed by atoms with van der Waals surface area (Å²) in [5, 5.41) is 1.98. The monoisotopic (exact) mass is 266 g/mol. The Bertz CT molecular complexity index is 699. The van der Waals surface area contributed by atoms with E-state index in [1.165, 1.54) is 0 Å². The molecule has 0 saturated carbocycles. The van der Waals surface area contributed by atoms with Crippen LogP contribution in [-0.2, 0) is 9.47 Å². The van der Waals surface area contributed by atoms with Crippen LogP contribution in [0.2, 0.25) is 0 Å². The molecule has 20 heavy (non-hydrogen) atoms. The molecule has 0 radical (unpaired) electrons. The van der Waals surface area contributed by atoms with Crippen molar-refractivity contribution in [3.63, 3.8) is 0 Å². The molecule has 2 aliphatic rings. The number of ether oxygens (including phenoxy) is 2. The van der Waals surface area contributed by atoms with Crippen LogP contribution in [-0.4, -0.2) is 24.3 Å². The SMILES string of the molecule is O=C(OC1CC2C=CC1O2)c1cccc2ccccc12. The van der Waals surface area contributed by atoms with E-state index in [1.807, 2.05) is 54.6 Å². The first-order chi connectivity index (χ1) is 9.81. The van der Waals surface area contributed by atoms with Gasteiger partial charge < -0.3 is 9.47 Å². The fourth-order valence-corrected chi connectivity index (χ4v) is 2.95. The van der Waals surface area contributed by atoms with E-state index in [0.29, 0.717) is 5.56 Å². The minimum Gasteiger partial charge on any atom is -0.456 e. The number of hydrogen-bond donors (Lipinski definition) is 0. The summed E-state index contributed by atoms with van der Waals surface area (Å²) in [5.74, 6) is -0.267. The van der Waals surface area contributed by atoms with Gasteiger partial charge in [0, 0.05) is 6.42 Å². The van der Waals surface area contributed by atoms with Crippen LogP contribution in [0.4, 0.5) is 0 Å². The molecule has 1 saturated heterocycles. The van der Waals surface area contributed by atoms with Crippen molar-refractivity contribution in [1.29, 1.82) is 0 Å². The number of fused-ring (bicyclic) bond motifs is 3. The van der Waals surface area contributed by atoms with E-state index >= 15 is 0 Å². The fraction of sp³-hybridized carbons (Fsp3) is 0.235. The molecule has 0 aromatic heterocycles. The van der Waals surface area contributed by atoms with Gasteiger partial charge in [0.05, 0.1) is 11.7 Å². The minimum atomic E-state index is -0.267. The predicted molar refractivity (Wildman–Crippen MR) is 75.6 cm³/mol. The molecule has 100 valence electrons. The van der Waals surface area contributed by atoms with E-state index in [9.17, 15) is 4.79 Å². The van der Waals surface area contributed by atoms with Crippen LogP contribution >= 0.6 is 0 Å². The highest BCUT2D eigenvalue weighted by molar-refractivity contribution is 6.04. The van der Waals surface area contributed by atoms with Gasteiger partial charge in [-0.3, -0.25) is 0 Å². The van der Waals surface area contributed by atoms with Crippen LogP contribution < -0.4 is 0 Å². The third-order valence-corrected chi connectivity index (χ3v) is 3.95. The van der Waals surface area contributed by atoms with E-state index in [4.69, 9.17) is 9.47 Å². The van der Waals surface area contributed by atoms with E-state index in [0.717, 1.165) is 17.2 Å². The number of carbonyl (C=O) groups excluding carboxylic acids is 1. The Balaban J connectivity index is 1.63. The Hall–Kier alpha value is -2.13. The first-order valence-corrected chi connectivity index (χ1v) is 6.84. The molecular formula is C17H14O3. The van der Waals surface area contributed by atoms with Gasteiger partial charge in [0.25, 0.3) is 0 Å². The Kier molecular flexibility index (Phi) is 2.60. The molecule has 3 nitrogen and oxygen atoms in total. The predicted octanol–water partition coefficient (Wildman–Crippen LogP) is 3.09. The van der Waals surface area contributed by atoms with Crippen LogP contribution in [0.1, 0.15) is 16.8 Å². The zero-order valence-corrected chi connectivity index (χ0v) is 10.9. The maximum absolute atomic E-state index is 12.4. The van der Waals surface area contributed by atoms with E-state index in [1.54, 1.807) is 0 Å². The van der Waals surface area contributed by atoms with Gasteiger partial charge in [-0.25, -0.2) is 4.79 Å². The quantitative estimate of drug-likeness (QED) is 0.619. The summed E-state index contributed by atoms with van der Waals surface area (Å²) in [6.07, 6.45) is 4.67. The molecule has 0 amide bonds. The summed E-state index contributed by atoms with van der Waals surface area (Å²) in [6.45, 7) is 0. The van der Waals surface area contributed by atoms with Crippen molar-refractivity contribution in [3.8, 4) is 0 Å². The summed E-state index contributed by atoms with van der Waals surface area (Å²) in [4.78, 5) is 12.4. The molecule has 2 bridgehead atoms. The Morgan fingerprint density at radius 1 is 1.10 bits per heavy atom. The highest BCUT2D eigenvalue weighted by Crippen LogP contribution is 2.31. The smallest absolute Gasteiger partial charge is 0.339 e. The van der Waals surface area contributed by atoms with Crippen molar-refractivity contribution in [1.82, 2.24) is 0 Å². The lowest BCUT2D eigenvalue weighted by atomic mass is 10.0. The standard InChI is InChI=1S/C17H14O3/c18-17(20-16-10-12-8-9-15(16)19-12)14-7-3-5-11-4-1-2-6-13(11)14/h1-9,12,15-16H,10H2. The molecule has 2 heterocycles. The van der Waals surface area contributed by atoms with Crippen molar-refractivity contribution < 1.29 is 14.3 Å². The molecule has 0 spiro atoms. The van der Waals surface area contributed by atoms with Gasteiger partial charge in [0.2, 0.25) is 0 Å². The van der Waals surface area contributed by atoms with Gasteiger partial charge in [0.15, 0.2) is 0 Å². The molecule has 1 fully saturated rings. The number of benzene rings is 2. The molecule has 2 aliphatic heterocycles. The Labute approximate surface area is 116 Å². The topological polar surface area (TPSA) is 35.5 Å². The third-order valence-electron chi connectivity index (χ3n) is 3.95. The molecule has 0 N–H and O–H groups in total. The zero-order chi connectivity index (χ0) is 13.5. The van der Waals surface area contributed by atoms with Crippen LogP contribution in [0.3, 0.4) is 0 Å². The Morgan fingerprint density at radius 2 is 1.95 bits per heavy atom. The summed E-state index contributed by atoms with van der Waals surface area (Å²) in [6, 6.07) is 13.5. The number of hydrogen-bond acceptors (Lipinski definition) is 3. The molecule has 3 atom stereocenters. The molecule has 3 heteroatoms. The van der Waals surface area contributed by atoms with E-state index in [-0.39, 0.29) is 24.3 Å². The summed E-state index contributed by atoms with van der Waals surface area (Å²) in [5.41, 5.74) is 0.620. The van der Waals surface area contributed by atoms with Gasteiger partial charge in [-0.15, -0.1) is 0 Å². The van der Waals surface area contributed by atoms with E-state index < -0.39 is 0 Å². The molecular weight excluding hydrogens is 252 g/mol. The first-order valence-electron chi connectivity index (χ1n) is 6.84. The van der Waals surface area contributed by atoms with Gasteiger partial charge in [-0.2, -0.15) is 0 Å². The second-order valence-corrected chi connectivity index (χ2v) is 5.23. The van der Waals surface area contributed by atoms with Gasteiger partial charge in [0.1, 0.15) is 12.2 Å². The normalized spacial score (nSPS) is 27.1. The van der Waals surface area contributed by atoms with Gasteiger partial charge >= 0.3 is 5.97 Å². The Morgan fingerprint density at radius 3 is 2.75 bits per heavy atom. The van der Waals surface area contributed by atoms with Crippen LogP contribution in [0.5, 0.6) is 0 Å². The number of carbonyl (C=O) groups is 1. The highest BCUT2D eigenvalue weighted by atomic mass is 16.6. The largest absolute Gasteiger partial charge is 0.456 e. The lowest BCUT2D eigenvalue weighted by molar-refractivity contribution is 0.0140. The van der Waals surface area contributed by atoms with Crippen LogP contribution in [0, 0.1) is 0 Å². The second kappa shape index (κ2) is 4.46. The first kappa shape index (κ1) is 11.7. The van der Waals surface area contributed by atoms with E-state index in [2.05, 4.69) is 0 Å². The van der Waals surface area contributed by atoms with Crippen LogP contribution in [0.15, 0.2) is 54.6 Å². The number of rotatable bonds is 2. The van der Waals surface area contributed by atoms with Crippen molar-refractivity contribution in [3.05, 3.63) is 60.2 Å². The summed E-state index contributed by atoms with van der Waals surface area (Å²) < 4.78 is 11.2. The molecule has 0 aliphatic carbocycles. The number of esters is 1. The minimum absolute atomic E-state index is 0.0704. The van der Waals surface area contributed by atoms with Crippen molar-refractivity contribution in [2.75, 3.05) is 0 Å². The third kappa shape index (κ3) is 1.82. The highest BCUT2D eigenvalue weighted by Gasteiger charge is 2.39. The van der Waals surface area contributed by atoms with Gasteiger partial charge in [-0.1, -0.05) is 48.6 Å². The summed E-state index contributed by atoms with van der Waals surface area (Å²) >= 11 is 0. The lowest BCUT2D eigenvalue weighted by Gasteiger charge is -2.17. The fourth-order valence-electron chi connectivity index (χ4n) is 2.95. The van der Waals surface area contributed by atoms with Crippen molar-refractivity contribution >= 4 is 16.7 Å². The maximum Gasteiger partial charge on any atom is 0.339 e. The van der Waals surface area contributed by atoms with Crippen molar-refractivity contribution in [2.24, 2.45) is 0 Å². The molecule has 4 rings (SSSR count). The average Bonchev–Trinajstić information content (AvgIpc) is 3.09. The maximum atomic E-state index is 12.4. The average molecular weight is 266 g/mol. The molecule has 2 aromatic carbocycles. The lowest BCUT2D eigenvalue weighted by Crippen LogP contribution is -2.26.